The first-order valence-electron chi connectivity index (χ1n) is 7.78. The minimum Gasteiger partial charge on any atom is -0.371 e. The lowest BCUT2D eigenvalue weighted by molar-refractivity contribution is 0.389. The Bertz CT molecular complexity index is 389. The third kappa shape index (κ3) is 3.73. The summed E-state index contributed by atoms with van der Waals surface area (Å²) in [5.41, 5.74) is 2.97. The Morgan fingerprint density at radius 2 is 2.05 bits per heavy atom. The minimum absolute atomic E-state index is 0.635. The summed E-state index contributed by atoms with van der Waals surface area (Å²) < 4.78 is 0. The van der Waals surface area contributed by atoms with E-state index in [1.165, 1.54) is 43.6 Å². The molecule has 0 saturated heterocycles. The highest BCUT2D eigenvalue weighted by Gasteiger charge is 2.17. The lowest BCUT2D eigenvalue weighted by atomic mass is 10.0. The van der Waals surface area contributed by atoms with E-state index in [0.717, 1.165) is 12.5 Å². The van der Waals surface area contributed by atoms with Gasteiger partial charge in [0.15, 0.2) is 0 Å². The van der Waals surface area contributed by atoms with Gasteiger partial charge < -0.3 is 10.2 Å². The molecule has 1 aromatic carbocycles. The second kappa shape index (κ2) is 6.95. The lowest BCUT2D eigenvalue weighted by Crippen LogP contribution is -2.34. The topological polar surface area (TPSA) is 15.3 Å². The fourth-order valence-corrected chi connectivity index (χ4v) is 2.79. The maximum Gasteiger partial charge on any atom is 0.0399 e. The molecule has 0 spiro atoms. The summed E-state index contributed by atoms with van der Waals surface area (Å²) in [5.74, 6) is 0.771. The van der Waals surface area contributed by atoms with Gasteiger partial charge in [0.1, 0.15) is 0 Å². The van der Waals surface area contributed by atoms with Crippen molar-refractivity contribution in [2.75, 3.05) is 24.5 Å². The fourth-order valence-electron chi connectivity index (χ4n) is 2.79. The molecule has 2 heteroatoms. The van der Waals surface area contributed by atoms with Crippen LogP contribution in [0.2, 0.25) is 0 Å². The van der Waals surface area contributed by atoms with Gasteiger partial charge >= 0.3 is 0 Å². The summed E-state index contributed by atoms with van der Waals surface area (Å²) in [6, 6.07) is 9.46. The number of benzene rings is 1. The molecule has 2 rings (SSSR count). The second-order valence-electron chi connectivity index (χ2n) is 5.85. The van der Waals surface area contributed by atoms with Crippen LogP contribution in [0.3, 0.4) is 0 Å². The largest absolute Gasteiger partial charge is 0.371 e. The Labute approximate surface area is 118 Å². The van der Waals surface area contributed by atoms with Crippen molar-refractivity contribution in [2.24, 2.45) is 5.92 Å². The van der Waals surface area contributed by atoms with Gasteiger partial charge in [-0.2, -0.15) is 0 Å². The van der Waals surface area contributed by atoms with Gasteiger partial charge in [-0.25, -0.2) is 0 Å². The van der Waals surface area contributed by atoms with Gasteiger partial charge in [0.05, 0.1) is 0 Å². The van der Waals surface area contributed by atoms with Crippen LogP contribution in [0, 0.1) is 5.92 Å². The molecule has 1 N–H and O–H groups in total. The zero-order chi connectivity index (χ0) is 13.7. The molecule has 0 saturated carbocycles. The minimum atomic E-state index is 0.635. The van der Waals surface area contributed by atoms with Crippen molar-refractivity contribution in [2.45, 2.75) is 46.1 Å². The van der Waals surface area contributed by atoms with Gasteiger partial charge in [-0.1, -0.05) is 38.5 Å². The van der Waals surface area contributed by atoms with Crippen molar-refractivity contribution in [3.63, 3.8) is 0 Å². The molecule has 0 radical (unpaired) electrons. The Balaban J connectivity index is 1.70. The fraction of sp³-hybridized carbons (Fsp3) is 0.647. The molecule has 2 unspecified atom stereocenters. The SMILES string of the molecule is CCC(C)C(C)NCCCN1CCc2ccccc21. The molecule has 1 aromatic rings. The zero-order valence-corrected chi connectivity index (χ0v) is 12.7. The molecule has 0 aromatic heterocycles. The average Bonchev–Trinajstić information content (AvgIpc) is 2.86. The van der Waals surface area contributed by atoms with Crippen LogP contribution in [-0.4, -0.2) is 25.7 Å². The Hall–Kier alpha value is -1.02. The maximum absolute atomic E-state index is 3.65. The van der Waals surface area contributed by atoms with E-state index in [4.69, 9.17) is 0 Å². The molecule has 1 heterocycles. The molecule has 2 nitrogen and oxygen atoms in total. The molecule has 1 aliphatic rings. The number of para-hydroxylation sites is 1. The second-order valence-corrected chi connectivity index (χ2v) is 5.85. The number of hydrogen-bond acceptors (Lipinski definition) is 2. The van der Waals surface area contributed by atoms with Crippen molar-refractivity contribution in [3.8, 4) is 0 Å². The molecule has 106 valence electrons. The average molecular weight is 260 g/mol. The predicted octanol–water partition coefficient (Wildman–Crippen LogP) is 3.46. The molecule has 0 bridgehead atoms. The summed E-state index contributed by atoms with van der Waals surface area (Å²) in [6.45, 7) is 10.4. The summed E-state index contributed by atoms with van der Waals surface area (Å²) in [5, 5.41) is 3.65. The molecular weight excluding hydrogens is 232 g/mol. The van der Waals surface area contributed by atoms with E-state index in [2.05, 4.69) is 55.3 Å². The molecule has 19 heavy (non-hydrogen) atoms. The smallest absolute Gasteiger partial charge is 0.0399 e. The highest BCUT2D eigenvalue weighted by molar-refractivity contribution is 5.57. The van der Waals surface area contributed by atoms with Crippen LogP contribution >= 0.6 is 0 Å². The lowest BCUT2D eigenvalue weighted by Gasteiger charge is -2.22. The highest BCUT2D eigenvalue weighted by Crippen LogP contribution is 2.27. The van der Waals surface area contributed by atoms with Crippen molar-refractivity contribution in [1.82, 2.24) is 5.32 Å². The Morgan fingerprint density at radius 1 is 1.26 bits per heavy atom. The standard InChI is InChI=1S/C17H28N2/c1-4-14(2)15(3)18-11-7-12-19-13-10-16-8-5-6-9-17(16)19/h5-6,8-9,14-15,18H,4,7,10-13H2,1-3H3. The number of rotatable bonds is 7. The maximum atomic E-state index is 3.65. The normalized spacial score (nSPS) is 17.3. The van der Waals surface area contributed by atoms with Crippen molar-refractivity contribution < 1.29 is 0 Å². The van der Waals surface area contributed by atoms with Gasteiger partial charge in [0, 0.05) is 24.8 Å². The summed E-state index contributed by atoms with van der Waals surface area (Å²) >= 11 is 0. The van der Waals surface area contributed by atoms with Gasteiger partial charge in [0.2, 0.25) is 0 Å². The van der Waals surface area contributed by atoms with E-state index in [1.54, 1.807) is 0 Å². The van der Waals surface area contributed by atoms with Crippen LogP contribution in [0.15, 0.2) is 24.3 Å². The first-order chi connectivity index (χ1) is 9.22. The number of hydrogen-bond donors (Lipinski definition) is 1. The summed E-state index contributed by atoms with van der Waals surface area (Å²) in [4.78, 5) is 2.53. The molecular formula is C17H28N2. The molecule has 0 aliphatic carbocycles. The van der Waals surface area contributed by atoms with E-state index in [-0.39, 0.29) is 0 Å². The van der Waals surface area contributed by atoms with Crippen LogP contribution in [0.5, 0.6) is 0 Å². The monoisotopic (exact) mass is 260 g/mol. The highest BCUT2D eigenvalue weighted by atomic mass is 15.1. The number of nitrogens with one attached hydrogen (secondary N) is 1. The molecule has 2 atom stereocenters. The van der Waals surface area contributed by atoms with E-state index in [9.17, 15) is 0 Å². The zero-order valence-electron chi connectivity index (χ0n) is 12.7. The molecule has 1 aliphatic heterocycles. The van der Waals surface area contributed by atoms with E-state index in [0.29, 0.717) is 6.04 Å². The quantitative estimate of drug-likeness (QED) is 0.755. The van der Waals surface area contributed by atoms with Crippen LogP contribution in [0.4, 0.5) is 5.69 Å². The third-order valence-corrected chi connectivity index (χ3v) is 4.55. The van der Waals surface area contributed by atoms with Gasteiger partial charge in [-0.3, -0.25) is 0 Å². The van der Waals surface area contributed by atoms with Gasteiger partial charge in [-0.15, -0.1) is 0 Å². The van der Waals surface area contributed by atoms with Crippen molar-refractivity contribution in [1.29, 1.82) is 0 Å². The number of nitrogens with zero attached hydrogens (tertiary/aromatic N) is 1. The predicted molar refractivity (Wildman–Crippen MR) is 83.9 cm³/mol. The molecule has 0 fully saturated rings. The van der Waals surface area contributed by atoms with Gasteiger partial charge in [-0.05, 0) is 43.9 Å². The van der Waals surface area contributed by atoms with Crippen molar-refractivity contribution in [3.05, 3.63) is 29.8 Å². The van der Waals surface area contributed by atoms with Gasteiger partial charge in [0.25, 0.3) is 0 Å². The van der Waals surface area contributed by atoms with Crippen LogP contribution in [-0.2, 0) is 6.42 Å². The summed E-state index contributed by atoms with van der Waals surface area (Å²) in [6.07, 6.45) is 3.70. The number of fused-ring (bicyclic) bond motifs is 1. The first kappa shape index (κ1) is 14.4. The van der Waals surface area contributed by atoms with Crippen LogP contribution in [0.1, 0.15) is 39.2 Å². The first-order valence-corrected chi connectivity index (χ1v) is 7.78. The number of anilines is 1. The van der Waals surface area contributed by atoms with E-state index < -0.39 is 0 Å². The summed E-state index contributed by atoms with van der Waals surface area (Å²) in [7, 11) is 0. The Kier molecular flexibility index (Phi) is 5.26. The van der Waals surface area contributed by atoms with E-state index >= 15 is 0 Å². The molecule has 0 amide bonds. The van der Waals surface area contributed by atoms with Crippen molar-refractivity contribution >= 4 is 5.69 Å². The third-order valence-electron chi connectivity index (χ3n) is 4.55. The van der Waals surface area contributed by atoms with E-state index in [1.807, 2.05) is 0 Å². The van der Waals surface area contributed by atoms with Crippen LogP contribution in [0.25, 0.3) is 0 Å². The Morgan fingerprint density at radius 3 is 2.84 bits per heavy atom. The van der Waals surface area contributed by atoms with Crippen LogP contribution < -0.4 is 10.2 Å².